The molecule has 1 fully saturated rings. The average molecular weight is 234 g/mol. The van der Waals surface area contributed by atoms with Crippen LogP contribution in [0.15, 0.2) is 12.1 Å². The maximum atomic E-state index is 14.3. The van der Waals surface area contributed by atoms with Crippen molar-refractivity contribution in [1.29, 1.82) is 0 Å². The number of fused-ring (bicyclic) bond motifs is 1. The first-order chi connectivity index (χ1) is 8.34. The monoisotopic (exact) mass is 234 g/mol. The molecule has 2 nitrogen and oxygen atoms in total. The molecule has 17 heavy (non-hydrogen) atoms. The molecule has 1 N–H and O–H groups in total. The number of aryl methyl sites for hydroxylation is 1. The van der Waals surface area contributed by atoms with Gasteiger partial charge in [-0.25, -0.2) is 4.39 Å². The van der Waals surface area contributed by atoms with E-state index in [9.17, 15) is 4.39 Å². The molecule has 0 bridgehead atoms. The van der Waals surface area contributed by atoms with Crippen molar-refractivity contribution in [2.45, 2.75) is 25.8 Å². The lowest BCUT2D eigenvalue weighted by molar-refractivity contribution is 0.230. The van der Waals surface area contributed by atoms with Crippen LogP contribution in [0.25, 0.3) is 0 Å². The third-order valence-corrected chi connectivity index (χ3v) is 3.90. The van der Waals surface area contributed by atoms with Crippen LogP contribution in [-0.2, 0) is 19.4 Å². The first kappa shape index (κ1) is 11.2. The van der Waals surface area contributed by atoms with Gasteiger partial charge in [0.25, 0.3) is 0 Å². The molecular formula is C14H19FN2. The highest BCUT2D eigenvalue weighted by Crippen LogP contribution is 2.27. The molecule has 0 spiro atoms. The molecule has 0 atom stereocenters. The predicted octanol–water partition coefficient (Wildman–Crippen LogP) is 1.72. The summed E-state index contributed by atoms with van der Waals surface area (Å²) < 4.78 is 14.3. The van der Waals surface area contributed by atoms with Gasteiger partial charge < -0.3 is 5.32 Å². The number of nitrogens with one attached hydrogen (secondary N) is 1. The Morgan fingerprint density at radius 2 is 2.00 bits per heavy atom. The molecule has 1 saturated heterocycles. The Kier molecular flexibility index (Phi) is 3.12. The summed E-state index contributed by atoms with van der Waals surface area (Å²) >= 11 is 0. The van der Waals surface area contributed by atoms with Crippen LogP contribution in [0.1, 0.15) is 23.1 Å². The van der Waals surface area contributed by atoms with E-state index in [1.807, 2.05) is 6.07 Å². The zero-order chi connectivity index (χ0) is 11.7. The summed E-state index contributed by atoms with van der Waals surface area (Å²) in [7, 11) is 0. The molecule has 0 amide bonds. The van der Waals surface area contributed by atoms with Crippen LogP contribution >= 0.6 is 0 Å². The Balaban J connectivity index is 1.78. The fourth-order valence-corrected chi connectivity index (χ4v) is 2.90. The molecule has 1 heterocycles. The lowest BCUT2D eigenvalue weighted by Crippen LogP contribution is -2.43. The number of hydrogen-bond donors (Lipinski definition) is 1. The Hall–Kier alpha value is -0.930. The van der Waals surface area contributed by atoms with Gasteiger partial charge in [0.1, 0.15) is 5.82 Å². The van der Waals surface area contributed by atoms with Gasteiger partial charge in [0.15, 0.2) is 0 Å². The van der Waals surface area contributed by atoms with Crippen molar-refractivity contribution in [1.82, 2.24) is 10.2 Å². The van der Waals surface area contributed by atoms with Gasteiger partial charge >= 0.3 is 0 Å². The highest BCUT2D eigenvalue weighted by atomic mass is 19.1. The van der Waals surface area contributed by atoms with Crippen LogP contribution < -0.4 is 5.32 Å². The normalized spacial score (nSPS) is 20.5. The molecule has 1 aromatic carbocycles. The predicted molar refractivity (Wildman–Crippen MR) is 66.6 cm³/mol. The van der Waals surface area contributed by atoms with E-state index < -0.39 is 0 Å². The van der Waals surface area contributed by atoms with E-state index in [1.165, 1.54) is 5.56 Å². The molecule has 3 heteroatoms. The van der Waals surface area contributed by atoms with Crippen molar-refractivity contribution in [2.75, 3.05) is 26.2 Å². The highest BCUT2D eigenvalue weighted by molar-refractivity contribution is 5.37. The lowest BCUT2D eigenvalue weighted by atomic mass is 10.0. The maximum Gasteiger partial charge on any atom is 0.131 e. The highest BCUT2D eigenvalue weighted by Gasteiger charge is 2.19. The molecule has 1 aromatic rings. The molecule has 0 saturated carbocycles. The van der Waals surface area contributed by atoms with Crippen molar-refractivity contribution < 1.29 is 4.39 Å². The fourth-order valence-electron chi connectivity index (χ4n) is 2.90. The number of piperazine rings is 1. The minimum absolute atomic E-state index is 0.0681. The summed E-state index contributed by atoms with van der Waals surface area (Å²) in [5, 5.41) is 3.32. The second-order valence-electron chi connectivity index (χ2n) is 5.06. The zero-order valence-electron chi connectivity index (χ0n) is 10.1. The van der Waals surface area contributed by atoms with Gasteiger partial charge in [-0.1, -0.05) is 12.1 Å². The van der Waals surface area contributed by atoms with Crippen LogP contribution in [0.5, 0.6) is 0 Å². The van der Waals surface area contributed by atoms with Gasteiger partial charge in [0, 0.05) is 38.3 Å². The van der Waals surface area contributed by atoms with Gasteiger partial charge in [-0.3, -0.25) is 4.90 Å². The Bertz CT molecular complexity index is 411. The van der Waals surface area contributed by atoms with E-state index in [-0.39, 0.29) is 5.82 Å². The molecule has 1 aliphatic carbocycles. The second kappa shape index (κ2) is 4.75. The molecule has 0 radical (unpaired) electrons. The summed E-state index contributed by atoms with van der Waals surface area (Å²) in [6, 6.07) is 4.12. The number of benzene rings is 1. The molecule has 0 unspecified atom stereocenters. The Morgan fingerprint density at radius 3 is 2.82 bits per heavy atom. The summed E-state index contributed by atoms with van der Waals surface area (Å²) in [5.74, 6) is 0.0681. The number of rotatable bonds is 2. The van der Waals surface area contributed by atoms with E-state index >= 15 is 0 Å². The number of nitrogens with zero attached hydrogens (tertiary/aromatic N) is 1. The van der Waals surface area contributed by atoms with Gasteiger partial charge in [-0.05, 0) is 30.4 Å². The quantitative estimate of drug-likeness (QED) is 0.838. The minimum Gasteiger partial charge on any atom is -0.314 e. The maximum absolute atomic E-state index is 14.3. The largest absolute Gasteiger partial charge is 0.314 e. The second-order valence-corrected chi connectivity index (χ2v) is 5.06. The van der Waals surface area contributed by atoms with Crippen molar-refractivity contribution in [2.24, 2.45) is 0 Å². The van der Waals surface area contributed by atoms with E-state index in [4.69, 9.17) is 0 Å². The van der Waals surface area contributed by atoms with Crippen LogP contribution in [0, 0.1) is 5.82 Å². The minimum atomic E-state index is 0.0681. The van der Waals surface area contributed by atoms with Crippen molar-refractivity contribution in [3.8, 4) is 0 Å². The number of hydrogen-bond acceptors (Lipinski definition) is 2. The SMILES string of the molecule is Fc1c(CN2CCNCC2)ccc2c1CCC2. The van der Waals surface area contributed by atoms with Crippen LogP contribution in [0.3, 0.4) is 0 Å². The van der Waals surface area contributed by atoms with E-state index in [2.05, 4.69) is 16.3 Å². The van der Waals surface area contributed by atoms with E-state index in [1.54, 1.807) is 0 Å². The lowest BCUT2D eigenvalue weighted by Gasteiger charge is -2.27. The molecule has 92 valence electrons. The summed E-state index contributed by atoms with van der Waals surface area (Å²) in [6.07, 6.45) is 3.10. The van der Waals surface area contributed by atoms with E-state index in [0.717, 1.165) is 63.1 Å². The Labute approximate surface area is 102 Å². The molecule has 1 aliphatic heterocycles. The fraction of sp³-hybridized carbons (Fsp3) is 0.571. The summed E-state index contributed by atoms with van der Waals surface area (Å²) in [5.41, 5.74) is 3.09. The average Bonchev–Trinajstić information content (AvgIpc) is 2.83. The van der Waals surface area contributed by atoms with Gasteiger partial charge in [0.05, 0.1) is 0 Å². The van der Waals surface area contributed by atoms with Crippen molar-refractivity contribution in [3.05, 3.63) is 34.6 Å². The van der Waals surface area contributed by atoms with Crippen molar-refractivity contribution >= 4 is 0 Å². The Morgan fingerprint density at radius 1 is 1.18 bits per heavy atom. The van der Waals surface area contributed by atoms with Crippen LogP contribution in [0.4, 0.5) is 4.39 Å². The number of halogens is 1. The molecular weight excluding hydrogens is 215 g/mol. The van der Waals surface area contributed by atoms with Gasteiger partial charge in [-0.15, -0.1) is 0 Å². The third-order valence-electron chi connectivity index (χ3n) is 3.90. The van der Waals surface area contributed by atoms with Crippen LogP contribution in [-0.4, -0.2) is 31.1 Å². The summed E-state index contributed by atoms with van der Waals surface area (Å²) in [4.78, 5) is 2.33. The smallest absolute Gasteiger partial charge is 0.131 e. The third kappa shape index (κ3) is 2.22. The first-order valence-corrected chi connectivity index (χ1v) is 6.57. The van der Waals surface area contributed by atoms with Gasteiger partial charge in [-0.2, -0.15) is 0 Å². The molecule has 2 aliphatic rings. The molecule has 0 aromatic heterocycles. The van der Waals surface area contributed by atoms with Gasteiger partial charge in [0.2, 0.25) is 0 Å². The standard InChI is InChI=1S/C14H19FN2/c15-14-12(10-17-8-6-16-7-9-17)5-4-11-2-1-3-13(11)14/h4-5,16H,1-3,6-10H2. The van der Waals surface area contributed by atoms with E-state index in [0.29, 0.717) is 0 Å². The zero-order valence-corrected chi connectivity index (χ0v) is 10.1. The van der Waals surface area contributed by atoms with Crippen LogP contribution in [0.2, 0.25) is 0 Å². The molecule has 3 rings (SSSR count). The summed E-state index contributed by atoms with van der Waals surface area (Å²) in [6.45, 7) is 4.85. The first-order valence-electron chi connectivity index (χ1n) is 6.57. The van der Waals surface area contributed by atoms with Crippen molar-refractivity contribution in [3.63, 3.8) is 0 Å². The topological polar surface area (TPSA) is 15.3 Å².